The number of hydrogen-bond acceptors (Lipinski definition) is 2. The van der Waals surface area contributed by atoms with Gasteiger partial charge in [-0.2, -0.15) is 0 Å². The molecule has 3 rings (SSSR count). The summed E-state index contributed by atoms with van der Waals surface area (Å²) in [5, 5.41) is 3.09. The third-order valence-corrected chi connectivity index (χ3v) is 4.15. The molecule has 0 spiro atoms. The molecular weight excluding hydrogens is 236 g/mol. The van der Waals surface area contributed by atoms with Gasteiger partial charge in [0.1, 0.15) is 0 Å². The van der Waals surface area contributed by atoms with E-state index in [0.29, 0.717) is 0 Å². The zero-order chi connectivity index (χ0) is 13.2. The Morgan fingerprint density at radius 1 is 1.21 bits per heavy atom. The Hall–Kier alpha value is -1.51. The lowest BCUT2D eigenvalue weighted by Crippen LogP contribution is -2.29. The average molecular weight is 258 g/mol. The Morgan fingerprint density at radius 2 is 1.95 bits per heavy atom. The van der Waals surface area contributed by atoms with Crippen LogP contribution in [-0.4, -0.2) is 19.0 Å². The highest BCUT2D eigenvalue weighted by Crippen LogP contribution is 2.32. The van der Waals surface area contributed by atoms with Gasteiger partial charge in [-0.05, 0) is 56.7 Å². The molecule has 0 radical (unpaired) electrons. The van der Waals surface area contributed by atoms with Gasteiger partial charge in [0.05, 0.1) is 0 Å². The van der Waals surface area contributed by atoms with Crippen LogP contribution < -0.4 is 10.2 Å². The lowest BCUT2D eigenvalue weighted by Gasteiger charge is -2.29. The maximum atomic E-state index is 11.9. The van der Waals surface area contributed by atoms with Crippen molar-refractivity contribution in [2.45, 2.75) is 39.0 Å². The van der Waals surface area contributed by atoms with Crippen molar-refractivity contribution in [2.24, 2.45) is 5.92 Å². The van der Waals surface area contributed by atoms with Crippen LogP contribution in [-0.2, 0) is 4.79 Å². The first-order valence-corrected chi connectivity index (χ1v) is 7.40. The molecule has 1 saturated heterocycles. The van der Waals surface area contributed by atoms with Crippen LogP contribution in [0, 0.1) is 12.8 Å². The van der Waals surface area contributed by atoms with Crippen LogP contribution in [0.2, 0.25) is 0 Å². The number of amides is 1. The summed E-state index contributed by atoms with van der Waals surface area (Å²) in [4.78, 5) is 14.3. The van der Waals surface area contributed by atoms with E-state index in [-0.39, 0.29) is 11.8 Å². The maximum Gasteiger partial charge on any atom is 0.227 e. The second kappa shape index (κ2) is 5.24. The fourth-order valence-corrected chi connectivity index (χ4v) is 2.67. The minimum absolute atomic E-state index is 0.193. The third kappa shape index (κ3) is 2.91. The minimum Gasteiger partial charge on any atom is -0.371 e. The van der Waals surface area contributed by atoms with Crippen molar-refractivity contribution >= 4 is 17.3 Å². The van der Waals surface area contributed by atoms with Crippen LogP contribution in [0.15, 0.2) is 18.2 Å². The number of aryl methyl sites for hydroxylation is 1. The summed E-state index contributed by atoms with van der Waals surface area (Å²) in [6, 6.07) is 6.43. The van der Waals surface area contributed by atoms with Gasteiger partial charge < -0.3 is 10.2 Å². The zero-order valence-electron chi connectivity index (χ0n) is 11.6. The second-order valence-corrected chi connectivity index (χ2v) is 5.81. The molecule has 0 unspecified atom stereocenters. The first-order chi connectivity index (χ1) is 9.24. The fourth-order valence-electron chi connectivity index (χ4n) is 2.67. The number of rotatable bonds is 3. The molecule has 1 aromatic rings. The Bertz CT molecular complexity index is 474. The molecule has 1 N–H and O–H groups in total. The van der Waals surface area contributed by atoms with Crippen molar-refractivity contribution in [1.29, 1.82) is 0 Å². The van der Waals surface area contributed by atoms with Crippen LogP contribution in [0.4, 0.5) is 11.4 Å². The molecule has 1 amide bonds. The Labute approximate surface area is 115 Å². The summed E-state index contributed by atoms with van der Waals surface area (Å²) in [5.74, 6) is 0.455. The van der Waals surface area contributed by atoms with Crippen LogP contribution in [0.25, 0.3) is 0 Å². The molecule has 2 fully saturated rings. The summed E-state index contributed by atoms with van der Waals surface area (Å²) >= 11 is 0. The monoisotopic (exact) mass is 258 g/mol. The highest BCUT2D eigenvalue weighted by molar-refractivity contribution is 5.95. The van der Waals surface area contributed by atoms with Gasteiger partial charge in [0.15, 0.2) is 0 Å². The predicted molar refractivity (Wildman–Crippen MR) is 78.6 cm³/mol. The smallest absolute Gasteiger partial charge is 0.227 e. The Morgan fingerprint density at radius 3 is 2.63 bits per heavy atom. The lowest BCUT2D eigenvalue weighted by molar-refractivity contribution is -0.117. The van der Waals surface area contributed by atoms with Gasteiger partial charge in [-0.1, -0.05) is 6.07 Å². The van der Waals surface area contributed by atoms with E-state index < -0.39 is 0 Å². The van der Waals surface area contributed by atoms with E-state index >= 15 is 0 Å². The van der Waals surface area contributed by atoms with Crippen molar-refractivity contribution in [1.82, 2.24) is 0 Å². The van der Waals surface area contributed by atoms with Gasteiger partial charge in [0.25, 0.3) is 0 Å². The number of benzene rings is 1. The fraction of sp³-hybridized carbons (Fsp3) is 0.562. The number of carbonyl (C=O) groups excluding carboxylic acids is 1. The van der Waals surface area contributed by atoms with E-state index in [0.717, 1.165) is 37.2 Å². The first kappa shape index (κ1) is 12.5. The number of nitrogens with zero attached hydrogens (tertiary/aromatic N) is 1. The molecule has 1 aliphatic heterocycles. The van der Waals surface area contributed by atoms with Gasteiger partial charge in [-0.25, -0.2) is 0 Å². The maximum absolute atomic E-state index is 11.9. The van der Waals surface area contributed by atoms with Crippen molar-refractivity contribution < 1.29 is 4.79 Å². The largest absolute Gasteiger partial charge is 0.371 e. The Balaban J connectivity index is 1.76. The van der Waals surface area contributed by atoms with Gasteiger partial charge >= 0.3 is 0 Å². The van der Waals surface area contributed by atoms with Crippen LogP contribution >= 0.6 is 0 Å². The number of anilines is 2. The quantitative estimate of drug-likeness (QED) is 0.902. The molecule has 1 heterocycles. The zero-order valence-corrected chi connectivity index (χ0v) is 11.6. The molecule has 19 heavy (non-hydrogen) atoms. The van der Waals surface area contributed by atoms with Crippen molar-refractivity contribution in [3.8, 4) is 0 Å². The lowest BCUT2D eigenvalue weighted by atomic mass is 10.1. The van der Waals surface area contributed by atoms with Gasteiger partial charge in [0, 0.05) is 30.4 Å². The van der Waals surface area contributed by atoms with Crippen molar-refractivity contribution in [3.05, 3.63) is 23.8 Å². The standard InChI is InChI=1S/C16H22N2O/c1-12-5-8-14(18-9-3-2-4-10-18)11-15(12)17-16(19)13-6-7-13/h5,8,11,13H,2-4,6-7,9-10H2,1H3,(H,17,19). The van der Waals surface area contributed by atoms with Crippen LogP contribution in [0.3, 0.4) is 0 Å². The second-order valence-electron chi connectivity index (χ2n) is 5.81. The molecule has 0 atom stereocenters. The van der Waals surface area contributed by atoms with E-state index in [9.17, 15) is 4.79 Å². The SMILES string of the molecule is Cc1ccc(N2CCCCC2)cc1NC(=O)C1CC1. The first-order valence-electron chi connectivity index (χ1n) is 7.40. The normalized spacial score (nSPS) is 19.3. The Kier molecular flexibility index (Phi) is 3.45. The summed E-state index contributed by atoms with van der Waals surface area (Å²) in [5.41, 5.74) is 3.38. The van der Waals surface area contributed by atoms with Crippen LogP contribution in [0.5, 0.6) is 0 Å². The number of carbonyl (C=O) groups is 1. The van der Waals surface area contributed by atoms with Gasteiger partial charge in [-0.15, -0.1) is 0 Å². The summed E-state index contributed by atoms with van der Waals surface area (Å²) < 4.78 is 0. The van der Waals surface area contributed by atoms with Crippen LogP contribution in [0.1, 0.15) is 37.7 Å². The molecule has 3 heteroatoms. The topological polar surface area (TPSA) is 32.3 Å². The molecule has 2 aliphatic rings. The van der Waals surface area contributed by atoms with E-state index in [1.165, 1.54) is 24.9 Å². The summed E-state index contributed by atoms with van der Waals surface area (Å²) in [6.07, 6.45) is 6.00. The molecule has 0 bridgehead atoms. The highest BCUT2D eigenvalue weighted by Gasteiger charge is 2.29. The molecule has 3 nitrogen and oxygen atoms in total. The molecule has 1 aliphatic carbocycles. The summed E-state index contributed by atoms with van der Waals surface area (Å²) in [7, 11) is 0. The van der Waals surface area contributed by atoms with Gasteiger partial charge in [0.2, 0.25) is 5.91 Å². The minimum atomic E-state index is 0.193. The highest BCUT2D eigenvalue weighted by atomic mass is 16.2. The number of hydrogen-bond donors (Lipinski definition) is 1. The third-order valence-electron chi connectivity index (χ3n) is 4.15. The molecule has 0 aromatic heterocycles. The average Bonchev–Trinajstić information content (AvgIpc) is 3.27. The van der Waals surface area contributed by atoms with Gasteiger partial charge in [-0.3, -0.25) is 4.79 Å². The number of nitrogens with one attached hydrogen (secondary N) is 1. The molecule has 1 saturated carbocycles. The molecular formula is C16H22N2O. The van der Waals surface area contributed by atoms with Crippen molar-refractivity contribution in [3.63, 3.8) is 0 Å². The number of piperidine rings is 1. The predicted octanol–water partition coefficient (Wildman–Crippen LogP) is 3.33. The van der Waals surface area contributed by atoms with E-state index in [4.69, 9.17) is 0 Å². The van der Waals surface area contributed by atoms with E-state index in [2.05, 4.69) is 35.3 Å². The molecule has 102 valence electrons. The summed E-state index contributed by atoms with van der Waals surface area (Å²) in [6.45, 7) is 4.33. The molecule has 1 aromatic carbocycles. The van der Waals surface area contributed by atoms with Crippen molar-refractivity contribution in [2.75, 3.05) is 23.3 Å². The van der Waals surface area contributed by atoms with E-state index in [1.807, 2.05) is 0 Å². The van der Waals surface area contributed by atoms with E-state index in [1.54, 1.807) is 0 Å².